The van der Waals surface area contributed by atoms with Crippen LogP contribution in [0.3, 0.4) is 0 Å². The third kappa shape index (κ3) is 3.10. The predicted octanol–water partition coefficient (Wildman–Crippen LogP) is 3.18. The quantitative estimate of drug-likeness (QED) is 0.796. The number of anilines is 1. The Bertz CT molecular complexity index is 399. The molecule has 3 nitrogen and oxygen atoms in total. The number of aliphatic imine (C=N–C) groups is 1. The van der Waals surface area contributed by atoms with Crippen LogP contribution in [0.5, 0.6) is 0 Å². The van der Waals surface area contributed by atoms with Crippen LogP contribution in [0.2, 0.25) is 0 Å². The van der Waals surface area contributed by atoms with E-state index in [4.69, 9.17) is 0 Å². The zero-order valence-electron chi connectivity index (χ0n) is 9.95. The van der Waals surface area contributed by atoms with Gasteiger partial charge in [-0.2, -0.15) is 0 Å². The molecule has 0 aliphatic heterocycles. The van der Waals surface area contributed by atoms with Crippen molar-refractivity contribution < 1.29 is 0 Å². The van der Waals surface area contributed by atoms with Crippen LogP contribution in [0.25, 0.3) is 4.91 Å². The predicted molar refractivity (Wildman–Crippen MR) is 74.2 cm³/mol. The van der Waals surface area contributed by atoms with Crippen molar-refractivity contribution in [3.05, 3.63) is 29.6 Å². The first-order chi connectivity index (χ1) is 7.72. The minimum Gasteiger partial charge on any atom is -0.373 e. The smallest absolute Gasteiger partial charge is 0.128 e. The molecule has 1 aromatic rings. The van der Waals surface area contributed by atoms with Crippen LogP contribution in [0, 0.1) is 6.92 Å². The minimum absolute atomic E-state index is 0.913. The summed E-state index contributed by atoms with van der Waals surface area (Å²) in [6, 6.07) is 2.11. The molecule has 0 radical (unpaired) electrons. The molecule has 0 unspecified atom stereocenters. The second-order valence-electron chi connectivity index (χ2n) is 3.25. The number of hydrogen-bond acceptors (Lipinski definition) is 4. The standard InChI is InChI=1S/C12H17N3S/c1-5-16-11(8-13-3)10-6-9(2)12(14-4)15-7-10/h6-8H,3,5H2,1-2,4H3,(H,14,15)/b11-8-. The molecule has 0 bridgehead atoms. The Morgan fingerprint density at radius 2 is 2.44 bits per heavy atom. The molecule has 0 atom stereocenters. The van der Waals surface area contributed by atoms with E-state index in [9.17, 15) is 0 Å². The van der Waals surface area contributed by atoms with Gasteiger partial charge in [-0.3, -0.25) is 4.99 Å². The molecule has 16 heavy (non-hydrogen) atoms. The fourth-order valence-corrected chi connectivity index (χ4v) is 2.14. The van der Waals surface area contributed by atoms with E-state index in [2.05, 4.69) is 35.0 Å². The number of nitrogens with zero attached hydrogens (tertiary/aromatic N) is 2. The van der Waals surface area contributed by atoms with Crippen LogP contribution in [0.15, 0.2) is 23.5 Å². The van der Waals surface area contributed by atoms with Gasteiger partial charge in [0.2, 0.25) is 0 Å². The van der Waals surface area contributed by atoms with Gasteiger partial charge in [-0.25, -0.2) is 4.98 Å². The first-order valence-electron chi connectivity index (χ1n) is 5.16. The Morgan fingerprint density at radius 3 is 2.94 bits per heavy atom. The summed E-state index contributed by atoms with van der Waals surface area (Å²) < 4.78 is 0. The van der Waals surface area contributed by atoms with Crippen LogP contribution < -0.4 is 5.32 Å². The van der Waals surface area contributed by atoms with Crippen LogP contribution in [-0.4, -0.2) is 24.5 Å². The second kappa shape index (κ2) is 6.33. The highest BCUT2D eigenvalue weighted by molar-refractivity contribution is 8.08. The summed E-state index contributed by atoms with van der Waals surface area (Å²) in [5.74, 6) is 1.92. The zero-order valence-corrected chi connectivity index (χ0v) is 10.8. The molecule has 1 rings (SSSR count). The van der Waals surface area contributed by atoms with Gasteiger partial charge >= 0.3 is 0 Å². The summed E-state index contributed by atoms with van der Waals surface area (Å²) >= 11 is 1.74. The molecule has 0 spiro atoms. The van der Waals surface area contributed by atoms with Crippen molar-refractivity contribution >= 4 is 29.2 Å². The lowest BCUT2D eigenvalue weighted by atomic mass is 10.2. The third-order valence-electron chi connectivity index (χ3n) is 2.11. The van der Waals surface area contributed by atoms with Gasteiger partial charge in [0.15, 0.2) is 0 Å². The maximum absolute atomic E-state index is 4.35. The lowest BCUT2D eigenvalue weighted by molar-refractivity contribution is 1.23. The highest BCUT2D eigenvalue weighted by Gasteiger charge is 2.04. The fraction of sp³-hybridized carbons (Fsp3) is 0.333. The zero-order chi connectivity index (χ0) is 12.0. The first kappa shape index (κ1) is 12.8. The van der Waals surface area contributed by atoms with E-state index in [-0.39, 0.29) is 0 Å². The molecule has 0 aliphatic rings. The van der Waals surface area contributed by atoms with E-state index < -0.39 is 0 Å². The van der Waals surface area contributed by atoms with E-state index in [1.807, 2.05) is 20.2 Å². The number of pyridine rings is 1. The normalized spacial score (nSPS) is 11.3. The molecule has 0 saturated heterocycles. The van der Waals surface area contributed by atoms with Crippen LogP contribution in [-0.2, 0) is 0 Å². The second-order valence-corrected chi connectivity index (χ2v) is 4.55. The monoisotopic (exact) mass is 235 g/mol. The van der Waals surface area contributed by atoms with E-state index in [1.54, 1.807) is 18.0 Å². The largest absolute Gasteiger partial charge is 0.373 e. The molecule has 4 heteroatoms. The summed E-state index contributed by atoms with van der Waals surface area (Å²) in [6.07, 6.45) is 3.64. The van der Waals surface area contributed by atoms with Gasteiger partial charge in [0.25, 0.3) is 0 Å². The molecule has 1 N–H and O–H groups in total. The molecule has 0 aliphatic carbocycles. The topological polar surface area (TPSA) is 37.3 Å². The van der Waals surface area contributed by atoms with Crippen molar-refractivity contribution in [3.63, 3.8) is 0 Å². The maximum Gasteiger partial charge on any atom is 0.128 e. The van der Waals surface area contributed by atoms with E-state index >= 15 is 0 Å². The minimum atomic E-state index is 0.913. The van der Waals surface area contributed by atoms with E-state index in [0.717, 1.165) is 27.6 Å². The molecule has 0 fully saturated rings. The molecule has 1 aromatic heterocycles. The van der Waals surface area contributed by atoms with E-state index in [1.165, 1.54) is 0 Å². The Hall–Kier alpha value is -1.29. The van der Waals surface area contributed by atoms with Gasteiger partial charge in [0.1, 0.15) is 5.82 Å². The summed E-state index contributed by atoms with van der Waals surface area (Å²) in [5, 5.41) is 3.05. The Balaban J connectivity index is 3.06. The van der Waals surface area contributed by atoms with Gasteiger partial charge in [-0.15, -0.1) is 11.8 Å². The number of aromatic nitrogens is 1. The van der Waals surface area contributed by atoms with Crippen LogP contribution in [0.1, 0.15) is 18.1 Å². The Kier molecular flexibility index (Phi) is 5.05. The van der Waals surface area contributed by atoms with E-state index in [0.29, 0.717) is 0 Å². The lowest BCUT2D eigenvalue weighted by Crippen LogP contribution is -1.96. The highest BCUT2D eigenvalue weighted by atomic mass is 32.2. The summed E-state index contributed by atoms with van der Waals surface area (Å²) in [6.45, 7) is 7.65. The van der Waals surface area contributed by atoms with Gasteiger partial charge in [0, 0.05) is 29.9 Å². The Labute approximate surface area is 101 Å². The molecular weight excluding hydrogens is 218 g/mol. The summed E-state index contributed by atoms with van der Waals surface area (Å²) in [4.78, 5) is 9.29. The number of aryl methyl sites for hydroxylation is 1. The summed E-state index contributed by atoms with van der Waals surface area (Å²) in [5.41, 5.74) is 2.22. The van der Waals surface area contributed by atoms with Crippen molar-refractivity contribution in [2.75, 3.05) is 18.1 Å². The highest BCUT2D eigenvalue weighted by Crippen LogP contribution is 2.28. The molecule has 0 saturated carbocycles. The van der Waals surface area contributed by atoms with Gasteiger partial charge in [-0.1, -0.05) is 6.92 Å². The van der Waals surface area contributed by atoms with Crippen molar-refractivity contribution in [1.29, 1.82) is 0 Å². The number of nitrogens with one attached hydrogen (secondary N) is 1. The average Bonchev–Trinajstić information content (AvgIpc) is 2.28. The van der Waals surface area contributed by atoms with Gasteiger partial charge in [-0.05, 0) is 31.0 Å². The molecule has 86 valence electrons. The summed E-state index contributed by atoms with van der Waals surface area (Å²) in [7, 11) is 1.87. The molecular formula is C12H17N3S. The van der Waals surface area contributed by atoms with Crippen LogP contribution in [0.4, 0.5) is 5.82 Å². The number of thioether (sulfide) groups is 1. The molecule has 0 amide bonds. The van der Waals surface area contributed by atoms with Crippen molar-refractivity contribution in [3.8, 4) is 0 Å². The number of hydrogen-bond donors (Lipinski definition) is 1. The molecule has 0 aromatic carbocycles. The Morgan fingerprint density at radius 1 is 1.69 bits per heavy atom. The third-order valence-corrected chi connectivity index (χ3v) is 3.05. The van der Waals surface area contributed by atoms with Gasteiger partial charge in [0.05, 0.1) is 0 Å². The van der Waals surface area contributed by atoms with Crippen molar-refractivity contribution in [1.82, 2.24) is 4.98 Å². The van der Waals surface area contributed by atoms with Crippen molar-refractivity contribution in [2.24, 2.45) is 4.99 Å². The number of rotatable bonds is 5. The fourth-order valence-electron chi connectivity index (χ4n) is 1.40. The van der Waals surface area contributed by atoms with Crippen LogP contribution >= 0.6 is 11.8 Å². The SMILES string of the molecule is C=N/C=C(\SCC)c1cnc(NC)c(C)c1. The molecule has 1 heterocycles. The lowest BCUT2D eigenvalue weighted by Gasteiger charge is -2.08. The average molecular weight is 235 g/mol. The first-order valence-corrected chi connectivity index (χ1v) is 6.15. The van der Waals surface area contributed by atoms with Gasteiger partial charge < -0.3 is 5.32 Å². The van der Waals surface area contributed by atoms with Crippen molar-refractivity contribution in [2.45, 2.75) is 13.8 Å². The maximum atomic E-state index is 4.35.